The summed E-state index contributed by atoms with van der Waals surface area (Å²) in [6.45, 7) is 1.91. The minimum Gasteiger partial charge on any atom is -0.497 e. The number of hydrogen-bond donors (Lipinski definition) is 1. The van der Waals surface area contributed by atoms with Gasteiger partial charge in [-0.1, -0.05) is 60.7 Å². The van der Waals surface area contributed by atoms with Crippen LogP contribution in [0.5, 0.6) is 5.75 Å². The van der Waals surface area contributed by atoms with E-state index in [-0.39, 0.29) is 5.56 Å². The van der Waals surface area contributed by atoms with E-state index in [1.165, 1.54) is 19.2 Å². The smallest absolute Gasteiger partial charge is 0.255 e. The maximum absolute atomic E-state index is 14.3. The first-order valence-electron chi connectivity index (χ1n) is 8.31. The lowest BCUT2D eigenvalue weighted by atomic mass is 9.84. The molecular formula is C22H20FNO2. The quantitative estimate of drug-likeness (QED) is 0.735. The third-order valence-electron chi connectivity index (χ3n) is 4.49. The van der Waals surface area contributed by atoms with Gasteiger partial charge in [-0.3, -0.25) is 4.79 Å². The Bertz CT molecular complexity index is 855. The molecule has 0 spiro atoms. The molecule has 3 nitrogen and oxygen atoms in total. The Labute approximate surface area is 152 Å². The second kappa shape index (κ2) is 7.40. The Morgan fingerprint density at radius 2 is 1.46 bits per heavy atom. The molecule has 3 aromatic rings. The maximum Gasteiger partial charge on any atom is 0.255 e. The van der Waals surface area contributed by atoms with Crippen LogP contribution in [0, 0.1) is 5.82 Å². The van der Waals surface area contributed by atoms with E-state index < -0.39 is 17.3 Å². The van der Waals surface area contributed by atoms with Gasteiger partial charge in [0.1, 0.15) is 11.6 Å². The fourth-order valence-corrected chi connectivity index (χ4v) is 2.96. The lowest BCUT2D eigenvalue weighted by Gasteiger charge is -2.32. The van der Waals surface area contributed by atoms with Crippen molar-refractivity contribution in [1.82, 2.24) is 5.32 Å². The second-order valence-electron chi connectivity index (χ2n) is 6.16. The Morgan fingerprint density at radius 1 is 0.923 bits per heavy atom. The normalized spacial score (nSPS) is 11.0. The third-order valence-corrected chi connectivity index (χ3v) is 4.49. The topological polar surface area (TPSA) is 38.3 Å². The molecule has 0 atom stereocenters. The Kier molecular flexibility index (Phi) is 5.03. The molecular weight excluding hydrogens is 329 g/mol. The van der Waals surface area contributed by atoms with Gasteiger partial charge < -0.3 is 10.1 Å². The predicted molar refractivity (Wildman–Crippen MR) is 99.8 cm³/mol. The first-order valence-corrected chi connectivity index (χ1v) is 8.31. The molecule has 1 amide bonds. The molecule has 0 unspecified atom stereocenters. The minimum absolute atomic E-state index is 0.0242. The summed E-state index contributed by atoms with van der Waals surface area (Å²) < 4.78 is 19.3. The van der Waals surface area contributed by atoms with Gasteiger partial charge in [-0.05, 0) is 30.2 Å². The number of ether oxygens (including phenoxy) is 1. The van der Waals surface area contributed by atoms with Crippen LogP contribution in [0.25, 0.3) is 0 Å². The van der Waals surface area contributed by atoms with Gasteiger partial charge in [-0.2, -0.15) is 0 Å². The highest BCUT2D eigenvalue weighted by Gasteiger charge is 2.31. The van der Waals surface area contributed by atoms with Crippen LogP contribution >= 0.6 is 0 Å². The van der Waals surface area contributed by atoms with E-state index in [1.807, 2.05) is 67.6 Å². The van der Waals surface area contributed by atoms with Crippen LogP contribution in [0.3, 0.4) is 0 Å². The van der Waals surface area contributed by atoms with Crippen molar-refractivity contribution < 1.29 is 13.9 Å². The van der Waals surface area contributed by atoms with Gasteiger partial charge >= 0.3 is 0 Å². The molecule has 1 N–H and O–H groups in total. The zero-order chi connectivity index (χ0) is 18.6. The SMILES string of the molecule is COc1ccc(C(=O)NC(C)(c2ccccc2)c2ccccc2)c(F)c1. The lowest BCUT2D eigenvalue weighted by molar-refractivity contribution is 0.0915. The average molecular weight is 349 g/mol. The van der Waals surface area contributed by atoms with E-state index >= 15 is 0 Å². The molecule has 3 aromatic carbocycles. The molecule has 4 heteroatoms. The number of methoxy groups -OCH3 is 1. The number of nitrogens with one attached hydrogen (secondary N) is 1. The van der Waals surface area contributed by atoms with Gasteiger partial charge in [-0.25, -0.2) is 4.39 Å². The van der Waals surface area contributed by atoms with E-state index in [0.29, 0.717) is 5.75 Å². The van der Waals surface area contributed by atoms with Gasteiger partial charge in [0.25, 0.3) is 5.91 Å². The van der Waals surface area contributed by atoms with Gasteiger partial charge in [0, 0.05) is 6.07 Å². The van der Waals surface area contributed by atoms with Crippen LogP contribution in [0.15, 0.2) is 78.9 Å². The van der Waals surface area contributed by atoms with Crippen LogP contribution in [-0.4, -0.2) is 13.0 Å². The first kappa shape index (κ1) is 17.7. The molecule has 0 aromatic heterocycles. The molecule has 0 bridgehead atoms. The summed E-state index contributed by atoms with van der Waals surface area (Å²) in [5, 5.41) is 3.00. The molecule has 0 aliphatic rings. The highest BCUT2D eigenvalue weighted by atomic mass is 19.1. The van der Waals surface area contributed by atoms with E-state index in [4.69, 9.17) is 4.74 Å². The predicted octanol–water partition coefficient (Wildman–Crippen LogP) is 4.53. The monoisotopic (exact) mass is 349 g/mol. The van der Waals surface area contributed by atoms with E-state index in [0.717, 1.165) is 11.1 Å². The summed E-state index contributed by atoms with van der Waals surface area (Å²) in [7, 11) is 1.45. The minimum atomic E-state index is -0.800. The standard InChI is InChI=1S/C22H20FNO2/c1-22(16-9-5-3-6-10-16,17-11-7-4-8-12-17)24-21(25)19-14-13-18(26-2)15-20(19)23/h3-15H,1-2H3,(H,24,25). The van der Waals surface area contributed by atoms with Crippen molar-refractivity contribution in [1.29, 1.82) is 0 Å². The number of carbonyl (C=O) groups excluding carboxylic acids is 1. The van der Waals surface area contributed by atoms with Crippen LogP contribution in [0.4, 0.5) is 4.39 Å². The van der Waals surface area contributed by atoms with Gasteiger partial charge in [0.15, 0.2) is 0 Å². The fourth-order valence-electron chi connectivity index (χ4n) is 2.96. The Balaban J connectivity index is 2.00. The van der Waals surface area contributed by atoms with Crippen LogP contribution < -0.4 is 10.1 Å². The van der Waals surface area contributed by atoms with Crippen molar-refractivity contribution in [3.8, 4) is 5.75 Å². The Morgan fingerprint density at radius 3 is 1.92 bits per heavy atom. The molecule has 0 aliphatic carbocycles. The average Bonchev–Trinajstić information content (AvgIpc) is 2.69. The molecule has 0 saturated heterocycles. The fraction of sp³-hybridized carbons (Fsp3) is 0.136. The second-order valence-corrected chi connectivity index (χ2v) is 6.16. The zero-order valence-electron chi connectivity index (χ0n) is 14.7. The number of benzene rings is 3. The van der Waals surface area contributed by atoms with Crippen molar-refractivity contribution in [2.45, 2.75) is 12.5 Å². The van der Waals surface area contributed by atoms with Crippen LogP contribution in [0.2, 0.25) is 0 Å². The molecule has 0 radical (unpaired) electrons. The number of amides is 1. The van der Waals surface area contributed by atoms with Gasteiger partial charge in [-0.15, -0.1) is 0 Å². The summed E-state index contributed by atoms with van der Waals surface area (Å²) in [5.74, 6) is -0.737. The largest absolute Gasteiger partial charge is 0.497 e. The van der Waals surface area contributed by atoms with Crippen molar-refractivity contribution in [3.05, 3.63) is 101 Å². The van der Waals surface area contributed by atoms with Crippen LogP contribution in [-0.2, 0) is 5.54 Å². The van der Waals surface area contributed by atoms with Gasteiger partial charge in [0.05, 0.1) is 18.2 Å². The first-order chi connectivity index (χ1) is 12.5. The maximum atomic E-state index is 14.3. The molecule has 0 fully saturated rings. The number of hydrogen-bond acceptors (Lipinski definition) is 2. The van der Waals surface area contributed by atoms with Crippen molar-refractivity contribution >= 4 is 5.91 Å². The summed E-state index contributed by atoms with van der Waals surface area (Å²) in [5.41, 5.74) is 0.997. The molecule has 0 saturated carbocycles. The molecule has 0 heterocycles. The molecule has 132 valence electrons. The Hall–Kier alpha value is -3.14. The summed E-state index contributed by atoms with van der Waals surface area (Å²) in [6, 6.07) is 23.5. The van der Waals surface area contributed by atoms with Crippen LogP contribution in [0.1, 0.15) is 28.4 Å². The van der Waals surface area contributed by atoms with E-state index in [2.05, 4.69) is 5.32 Å². The molecule has 0 aliphatic heterocycles. The molecule has 26 heavy (non-hydrogen) atoms. The lowest BCUT2D eigenvalue weighted by Crippen LogP contribution is -2.44. The number of carbonyl (C=O) groups is 1. The highest BCUT2D eigenvalue weighted by Crippen LogP contribution is 2.30. The number of halogens is 1. The number of rotatable bonds is 5. The highest BCUT2D eigenvalue weighted by molar-refractivity contribution is 5.95. The summed E-state index contributed by atoms with van der Waals surface area (Å²) >= 11 is 0. The van der Waals surface area contributed by atoms with Crippen molar-refractivity contribution in [2.75, 3.05) is 7.11 Å². The zero-order valence-corrected chi connectivity index (χ0v) is 14.7. The third kappa shape index (κ3) is 3.45. The summed E-state index contributed by atoms with van der Waals surface area (Å²) in [6.07, 6.45) is 0. The van der Waals surface area contributed by atoms with Gasteiger partial charge in [0.2, 0.25) is 0 Å². The van der Waals surface area contributed by atoms with E-state index in [9.17, 15) is 9.18 Å². The summed E-state index contributed by atoms with van der Waals surface area (Å²) in [4.78, 5) is 12.8. The molecule has 3 rings (SSSR count). The van der Waals surface area contributed by atoms with Crippen molar-refractivity contribution in [3.63, 3.8) is 0 Å². The van der Waals surface area contributed by atoms with Crippen molar-refractivity contribution in [2.24, 2.45) is 0 Å². The van der Waals surface area contributed by atoms with E-state index in [1.54, 1.807) is 6.07 Å².